The van der Waals surface area contributed by atoms with E-state index in [1.165, 1.54) is 17.7 Å². The van der Waals surface area contributed by atoms with Crippen LogP contribution < -0.4 is 14.8 Å². The van der Waals surface area contributed by atoms with Gasteiger partial charge in [-0.1, -0.05) is 6.07 Å². The van der Waals surface area contributed by atoms with Gasteiger partial charge in [-0.25, -0.2) is 4.39 Å². The van der Waals surface area contributed by atoms with Crippen molar-refractivity contribution in [3.8, 4) is 11.5 Å². The van der Waals surface area contributed by atoms with Crippen LogP contribution >= 0.6 is 0 Å². The molecule has 5 aliphatic rings. The van der Waals surface area contributed by atoms with Crippen LogP contribution in [0, 0.1) is 11.7 Å². The molecule has 0 bridgehead atoms. The van der Waals surface area contributed by atoms with Gasteiger partial charge in [-0.15, -0.1) is 0 Å². The highest BCUT2D eigenvalue weighted by molar-refractivity contribution is 6.05. The molecule has 2 aromatic carbocycles. The number of piperidine rings is 2. The van der Waals surface area contributed by atoms with Gasteiger partial charge >= 0.3 is 0 Å². The van der Waals surface area contributed by atoms with Crippen molar-refractivity contribution in [1.82, 2.24) is 15.1 Å². The van der Waals surface area contributed by atoms with Crippen LogP contribution in [0.5, 0.6) is 11.5 Å². The highest BCUT2D eigenvalue weighted by Gasteiger charge is 2.48. The number of hydrogen-bond donors (Lipinski definition) is 1. The average Bonchev–Trinajstić information content (AvgIpc) is 3.43. The predicted molar refractivity (Wildman–Crippen MR) is 139 cm³/mol. The SMILES string of the molecule is O=C1CC[C@H](N2Cc3c(ccc4c3OCC43CCN(CC4CC(Oc5ccc(F)cc5)C4)CC3)C2=O)C(=O)N1. The fourth-order valence-corrected chi connectivity index (χ4v) is 7.05. The Balaban J connectivity index is 0.963. The number of likely N-dealkylation sites (tertiary alicyclic amines) is 1. The molecule has 1 aliphatic carbocycles. The number of carbonyl (C=O) groups excluding carboxylic acids is 3. The molecule has 4 heterocycles. The zero-order chi connectivity index (χ0) is 26.7. The lowest BCUT2D eigenvalue weighted by Crippen LogP contribution is -2.52. The van der Waals surface area contributed by atoms with Crippen LogP contribution in [0.3, 0.4) is 0 Å². The lowest BCUT2D eigenvalue weighted by atomic mass is 9.73. The van der Waals surface area contributed by atoms with E-state index >= 15 is 0 Å². The van der Waals surface area contributed by atoms with Gasteiger partial charge in [-0.05, 0) is 81.4 Å². The van der Waals surface area contributed by atoms with Crippen LogP contribution in [0.2, 0.25) is 0 Å². The molecular weight excluding hydrogens is 501 g/mol. The smallest absolute Gasteiger partial charge is 0.255 e. The molecule has 8 nitrogen and oxygen atoms in total. The van der Waals surface area contributed by atoms with E-state index in [2.05, 4.69) is 16.3 Å². The molecule has 0 radical (unpaired) electrons. The number of rotatable bonds is 5. The van der Waals surface area contributed by atoms with Gasteiger partial charge in [0.2, 0.25) is 11.8 Å². The van der Waals surface area contributed by atoms with Gasteiger partial charge in [-0.3, -0.25) is 19.7 Å². The molecule has 4 aliphatic heterocycles. The first-order chi connectivity index (χ1) is 18.9. The molecule has 39 heavy (non-hydrogen) atoms. The van der Waals surface area contributed by atoms with Gasteiger partial charge in [-0.2, -0.15) is 0 Å². The highest BCUT2D eigenvalue weighted by atomic mass is 19.1. The van der Waals surface area contributed by atoms with E-state index in [0.717, 1.165) is 62.4 Å². The lowest BCUT2D eigenvalue weighted by molar-refractivity contribution is -0.136. The van der Waals surface area contributed by atoms with Crippen LogP contribution in [-0.2, 0) is 21.5 Å². The number of hydrogen-bond acceptors (Lipinski definition) is 6. The highest BCUT2D eigenvalue weighted by Crippen LogP contribution is 2.50. The second kappa shape index (κ2) is 9.33. The Morgan fingerprint density at radius 1 is 1.05 bits per heavy atom. The van der Waals surface area contributed by atoms with Gasteiger partial charge < -0.3 is 19.3 Å². The number of benzene rings is 2. The zero-order valence-electron chi connectivity index (χ0n) is 21.8. The van der Waals surface area contributed by atoms with E-state index in [-0.39, 0.29) is 35.6 Å². The van der Waals surface area contributed by atoms with Crippen LogP contribution in [0.4, 0.5) is 4.39 Å². The van der Waals surface area contributed by atoms with E-state index in [1.54, 1.807) is 17.0 Å². The summed E-state index contributed by atoms with van der Waals surface area (Å²) in [4.78, 5) is 41.3. The molecule has 1 N–H and O–H groups in total. The second-order valence-corrected chi connectivity index (χ2v) is 11.8. The van der Waals surface area contributed by atoms with E-state index < -0.39 is 11.9 Å². The summed E-state index contributed by atoms with van der Waals surface area (Å²) in [6.45, 7) is 4.03. The third kappa shape index (κ3) is 4.27. The molecule has 3 amide bonds. The molecule has 1 saturated carbocycles. The molecule has 2 saturated heterocycles. The molecule has 0 unspecified atom stereocenters. The number of ether oxygens (including phenoxy) is 2. The maximum absolute atomic E-state index is 13.2. The quantitative estimate of drug-likeness (QED) is 0.595. The number of nitrogens with zero attached hydrogens (tertiary/aromatic N) is 2. The summed E-state index contributed by atoms with van der Waals surface area (Å²) in [5, 5.41) is 2.37. The summed E-state index contributed by atoms with van der Waals surface area (Å²) in [6, 6.07) is 9.58. The largest absolute Gasteiger partial charge is 0.492 e. The topological polar surface area (TPSA) is 88.2 Å². The second-order valence-electron chi connectivity index (χ2n) is 11.8. The third-order valence-corrected chi connectivity index (χ3v) is 9.37. The van der Waals surface area contributed by atoms with Crippen molar-refractivity contribution in [2.45, 2.75) is 62.6 Å². The lowest BCUT2D eigenvalue weighted by Gasteiger charge is -2.43. The zero-order valence-corrected chi connectivity index (χ0v) is 21.8. The number of amides is 3. The third-order valence-electron chi connectivity index (χ3n) is 9.37. The van der Waals surface area contributed by atoms with Gasteiger partial charge in [0.25, 0.3) is 5.91 Å². The van der Waals surface area contributed by atoms with Crippen molar-refractivity contribution in [2.24, 2.45) is 5.92 Å². The van der Waals surface area contributed by atoms with E-state index in [1.807, 2.05) is 6.07 Å². The molecular formula is C30H32FN3O5. The minimum absolute atomic E-state index is 0.0419. The minimum Gasteiger partial charge on any atom is -0.492 e. The molecule has 7 rings (SSSR count). The van der Waals surface area contributed by atoms with Gasteiger partial charge in [0.1, 0.15) is 23.4 Å². The molecule has 1 atom stereocenters. The van der Waals surface area contributed by atoms with Crippen LogP contribution in [0.15, 0.2) is 36.4 Å². The van der Waals surface area contributed by atoms with Crippen molar-refractivity contribution in [3.05, 3.63) is 58.9 Å². The molecule has 2 aromatic rings. The summed E-state index contributed by atoms with van der Waals surface area (Å²) in [5.41, 5.74) is 2.63. The van der Waals surface area contributed by atoms with Crippen molar-refractivity contribution >= 4 is 17.7 Å². The first-order valence-corrected chi connectivity index (χ1v) is 14.0. The van der Waals surface area contributed by atoms with Crippen LogP contribution in [-0.4, -0.2) is 65.9 Å². The number of nitrogens with one attached hydrogen (secondary N) is 1. The fraction of sp³-hybridized carbons (Fsp3) is 0.500. The monoisotopic (exact) mass is 533 g/mol. The summed E-state index contributed by atoms with van der Waals surface area (Å²) in [7, 11) is 0. The van der Waals surface area contributed by atoms with Gasteiger partial charge in [0.05, 0.1) is 19.3 Å². The van der Waals surface area contributed by atoms with Crippen LogP contribution in [0.25, 0.3) is 0 Å². The number of carbonyl (C=O) groups is 3. The minimum atomic E-state index is -0.621. The maximum Gasteiger partial charge on any atom is 0.255 e. The Bertz CT molecular complexity index is 1330. The number of halogens is 1. The summed E-state index contributed by atoms with van der Waals surface area (Å²) >= 11 is 0. The fourth-order valence-electron chi connectivity index (χ4n) is 7.05. The van der Waals surface area contributed by atoms with Crippen molar-refractivity contribution < 1.29 is 28.2 Å². The Morgan fingerprint density at radius 2 is 1.82 bits per heavy atom. The van der Waals surface area contributed by atoms with Crippen molar-refractivity contribution in [1.29, 1.82) is 0 Å². The Kier molecular flexibility index (Phi) is 5.88. The van der Waals surface area contributed by atoms with Crippen molar-refractivity contribution in [2.75, 3.05) is 26.2 Å². The van der Waals surface area contributed by atoms with Crippen LogP contribution in [0.1, 0.15) is 60.0 Å². The number of fused-ring (bicyclic) bond motifs is 4. The first-order valence-electron chi connectivity index (χ1n) is 14.0. The molecule has 204 valence electrons. The average molecular weight is 534 g/mol. The Morgan fingerprint density at radius 3 is 2.56 bits per heavy atom. The Labute approximate surface area is 226 Å². The van der Waals surface area contributed by atoms with E-state index in [0.29, 0.717) is 31.1 Å². The van der Waals surface area contributed by atoms with E-state index in [9.17, 15) is 18.8 Å². The first kappa shape index (κ1) is 24.6. The Hall–Kier alpha value is -3.46. The molecule has 1 spiro atoms. The van der Waals surface area contributed by atoms with Crippen molar-refractivity contribution in [3.63, 3.8) is 0 Å². The summed E-state index contributed by atoms with van der Waals surface area (Å²) in [5.74, 6) is 1.08. The summed E-state index contributed by atoms with van der Waals surface area (Å²) < 4.78 is 25.4. The molecule has 3 fully saturated rings. The summed E-state index contributed by atoms with van der Waals surface area (Å²) in [6.07, 6.45) is 4.86. The standard InChI is InChI=1S/C30H32FN3O5/c31-19-1-3-20(4-2-19)39-21-13-18(14-21)15-33-11-9-30(10-12-33)17-38-27-23-16-34(25-7-8-26(35)32-28(25)36)29(37)22(23)5-6-24(27)30/h1-6,18,21,25H,7-17H2,(H,32,35,36)/t18?,21?,25-/m0/s1. The van der Waals surface area contributed by atoms with Gasteiger partial charge in [0.15, 0.2) is 0 Å². The number of imide groups is 1. The predicted octanol–water partition coefficient (Wildman–Crippen LogP) is 3.17. The van der Waals surface area contributed by atoms with E-state index in [4.69, 9.17) is 9.47 Å². The molecule has 0 aromatic heterocycles. The maximum atomic E-state index is 13.2. The normalized spacial score (nSPS) is 27.6. The molecule has 9 heteroatoms. The van der Waals surface area contributed by atoms with Gasteiger partial charge in [0, 0.05) is 35.1 Å².